The standard InChI is InChI=1S/C19H21ClN2O4/c1-10-7-14-15(8-11(10)2)19(25)22(18(14)24)21-17(23)9-26-16-5-4-13(20)6-12(16)3/h4-6,14-15H,7-9H2,1-3H3,(H,21,23)/t14-,15-/m0/s1. The Kier molecular flexibility index (Phi) is 5.05. The number of rotatable bonds is 4. The number of hydrogen-bond acceptors (Lipinski definition) is 4. The lowest BCUT2D eigenvalue weighted by atomic mass is 9.78. The lowest BCUT2D eigenvalue weighted by molar-refractivity contribution is -0.149. The molecule has 1 aliphatic carbocycles. The van der Waals surface area contributed by atoms with Gasteiger partial charge in [-0.2, -0.15) is 5.01 Å². The highest BCUT2D eigenvalue weighted by Gasteiger charge is 2.49. The van der Waals surface area contributed by atoms with Crippen LogP contribution in [0, 0.1) is 18.8 Å². The van der Waals surface area contributed by atoms with E-state index in [4.69, 9.17) is 16.3 Å². The van der Waals surface area contributed by atoms with E-state index in [0.29, 0.717) is 23.6 Å². The van der Waals surface area contributed by atoms with Crippen molar-refractivity contribution in [1.29, 1.82) is 0 Å². The molecule has 2 aliphatic rings. The van der Waals surface area contributed by atoms with Crippen LogP contribution >= 0.6 is 11.6 Å². The lowest BCUT2D eigenvalue weighted by Gasteiger charge is -2.23. The Morgan fingerprint density at radius 3 is 2.27 bits per heavy atom. The Hall–Kier alpha value is -2.34. The van der Waals surface area contributed by atoms with Crippen molar-refractivity contribution < 1.29 is 19.1 Å². The summed E-state index contributed by atoms with van der Waals surface area (Å²) in [7, 11) is 0. The number of amides is 3. The molecule has 1 N–H and O–H groups in total. The number of fused-ring (bicyclic) bond motifs is 1. The molecule has 2 atom stereocenters. The number of carbonyl (C=O) groups excluding carboxylic acids is 3. The smallest absolute Gasteiger partial charge is 0.276 e. The van der Waals surface area contributed by atoms with Crippen LogP contribution in [0.3, 0.4) is 0 Å². The molecule has 0 spiro atoms. The molecule has 0 aromatic heterocycles. The number of hydrazine groups is 1. The molecule has 138 valence electrons. The molecule has 3 rings (SSSR count). The number of allylic oxidation sites excluding steroid dienone is 2. The Balaban J connectivity index is 1.61. The summed E-state index contributed by atoms with van der Waals surface area (Å²) < 4.78 is 5.46. The Bertz CT molecular complexity index is 786. The van der Waals surface area contributed by atoms with Crippen molar-refractivity contribution in [2.24, 2.45) is 11.8 Å². The van der Waals surface area contributed by atoms with E-state index in [0.717, 1.165) is 21.7 Å². The summed E-state index contributed by atoms with van der Waals surface area (Å²) in [6.45, 7) is 5.47. The maximum absolute atomic E-state index is 12.5. The molecule has 7 heteroatoms. The molecule has 6 nitrogen and oxygen atoms in total. The number of benzene rings is 1. The van der Waals surface area contributed by atoms with Gasteiger partial charge in [-0.1, -0.05) is 22.7 Å². The number of nitrogens with one attached hydrogen (secondary N) is 1. The van der Waals surface area contributed by atoms with Crippen LogP contribution in [0.4, 0.5) is 0 Å². The van der Waals surface area contributed by atoms with Gasteiger partial charge < -0.3 is 4.74 Å². The molecule has 1 fully saturated rings. The second-order valence-corrected chi connectivity index (χ2v) is 7.36. The quantitative estimate of drug-likeness (QED) is 0.647. The number of ether oxygens (including phenoxy) is 1. The average Bonchev–Trinajstić information content (AvgIpc) is 2.79. The van der Waals surface area contributed by atoms with Crippen LogP contribution in [0.5, 0.6) is 5.75 Å². The molecular weight excluding hydrogens is 356 g/mol. The molecule has 1 heterocycles. The lowest BCUT2D eigenvalue weighted by Crippen LogP contribution is -2.48. The Labute approximate surface area is 157 Å². The van der Waals surface area contributed by atoms with Crippen LogP contribution < -0.4 is 10.2 Å². The predicted molar refractivity (Wildman–Crippen MR) is 96.3 cm³/mol. The maximum Gasteiger partial charge on any atom is 0.276 e. The summed E-state index contributed by atoms with van der Waals surface area (Å²) >= 11 is 5.89. The van der Waals surface area contributed by atoms with Gasteiger partial charge in [-0.15, -0.1) is 0 Å². The maximum atomic E-state index is 12.5. The Morgan fingerprint density at radius 2 is 1.73 bits per heavy atom. The van der Waals surface area contributed by atoms with Crippen LogP contribution in [-0.4, -0.2) is 29.3 Å². The van der Waals surface area contributed by atoms with Crippen molar-refractivity contribution in [2.45, 2.75) is 33.6 Å². The summed E-state index contributed by atoms with van der Waals surface area (Å²) in [5.41, 5.74) is 5.47. The summed E-state index contributed by atoms with van der Waals surface area (Å²) in [6, 6.07) is 5.06. The summed E-state index contributed by atoms with van der Waals surface area (Å²) in [5, 5.41) is 1.44. The summed E-state index contributed by atoms with van der Waals surface area (Å²) in [6.07, 6.45) is 1.13. The molecule has 0 saturated carbocycles. The molecular formula is C19H21ClN2O4. The normalized spacial score (nSPS) is 22.5. The van der Waals surface area contributed by atoms with Gasteiger partial charge in [0.25, 0.3) is 17.7 Å². The van der Waals surface area contributed by atoms with E-state index in [9.17, 15) is 14.4 Å². The van der Waals surface area contributed by atoms with Gasteiger partial charge in [0.2, 0.25) is 0 Å². The minimum absolute atomic E-state index is 0.300. The van der Waals surface area contributed by atoms with Gasteiger partial charge in [-0.25, -0.2) is 0 Å². The van der Waals surface area contributed by atoms with E-state index in [1.807, 2.05) is 20.8 Å². The minimum Gasteiger partial charge on any atom is -0.483 e. The van der Waals surface area contributed by atoms with Crippen LogP contribution in [0.25, 0.3) is 0 Å². The fourth-order valence-electron chi connectivity index (χ4n) is 3.44. The first-order valence-corrected chi connectivity index (χ1v) is 8.87. The van der Waals surface area contributed by atoms with Gasteiger partial charge in [0.05, 0.1) is 11.8 Å². The zero-order valence-electron chi connectivity index (χ0n) is 15.0. The van der Waals surface area contributed by atoms with E-state index in [2.05, 4.69) is 5.43 Å². The molecule has 0 bridgehead atoms. The van der Waals surface area contributed by atoms with Gasteiger partial charge in [-0.3, -0.25) is 19.8 Å². The predicted octanol–water partition coefficient (Wildman–Crippen LogP) is 2.79. The Morgan fingerprint density at radius 1 is 1.15 bits per heavy atom. The first-order valence-electron chi connectivity index (χ1n) is 8.49. The average molecular weight is 377 g/mol. The number of nitrogens with zero attached hydrogens (tertiary/aromatic N) is 1. The van der Waals surface area contributed by atoms with Crippen molar-refractivity contribution >= 4 is 29.3 Å². The van der Waals surface area contributed by atoms with E-state index in [1.54, 1.807) is 18.2 Å². The highest BCUT2D eigenvalue weighted by Crippen LogP contribution is 2.39. The molecule has 3 amide bonds. The molecule has 1 aliphatic heterocycles. The van der Waals surface area contributed by atoms with Crippen molar-refractivity contribution in [3.63, 3.8) is 0 Å². The third-order valence-electron chi connectivity index (χ3n) is 5.07. The highest BCUT2D eigenvalue weighted by atomic mass is 35.5. The van der Waals surface area contributed by atoms with Gasteiger partial charge >= 0.3 is 0 Å². The minimum atomic E-state index is -0.555. The zero-order valence-corrected chi connectivity index (χ0v) is 15.7. The molecule has 0 radical (unpaired) electrons. The number of halogens is 1. The third-order valence-corrected chi connectivity index (χ3v) is 5.31. The molecule has 26 heavy (non-hydrogen) atoms. The summed E-state index contributed by atoms with van der Waals surface area (Å²) in [4.78, 5) is 37.2. The zero-order chi connectivity index (χ0) is 19.0. The monoisotopic (exact) mass is 376 g/mol. The van der Waals surface area contributed by atoms with Crippen LogP contribution in [0.2, 0.25) is 5.02 Å². The van der Waals surface area contributed by atoms with E-state index >= 15 is 0 Å². The largest absolute Gasteiger partial charge is 0.483 e. The van der Waals surface area contributed by atoms with Gasteiger partial charge in [-0.05, 0) is 57.4 Å². The van der Waals surface area contributed by atoms with Gasteiger partial charge in [0.1, 0.15) is 5.75 Å². The third kappa shape index (κ3) is 3.46. The second kappa shape index (κ2) is 7.11. The molecule has 0 unspecified atom stereocenters. The topological polar surface area (TPSA) is 75.7 Å². The van der Waals surface area contributed by atoms with Crippen LogP contribution in [0.1, 0.15) is 32.3 Å². The molecule has 1 aromatic rings. The van der Waals surface area contributed by atoms with Crippen molar-refractivity contribution in [3.05, 3.63) is 39.9 Å². The SMILES string of the molecule is CC1=C(C)C[C@@H]2C(=O)N(NC(=O)COc3ccc(Cl)cc3C)C(=O)[C@H]2C1. The fraction of sp³-hybridized carbons (Fsp3) is 0.421. The summed E-state index contributed by atoms with van der Waals surface area (Å²) in [5.74, 6) is -1.49. The number of carbonyl (C=O) groups is 3. The fourth-order valence-corrected chi connectivity index (χ4v) is 3.66. The van der Waals surface area contributed by atoms with Crippen molar-refractivity contribution in [3.8, 4) is 5.75 Å². The van der Waals surface area contributed by atoms with Gasteiger partial charge in [0.15, 0.2) is 6.61 Å². The van der Waals surface area contributed by atoms with E-state index in [1.165, 1.54) is 0 Å². The number of imide groups is 1. The van der Waals surface area contributed by atoms with Crippen molar-refractivity contribution in [1.82, 2.24) is 10.4 Å². The van der Waals surface area contributed by atoms with Crippen LogP contribution in [0.15, 0.2) is 29.3 Å². The number of hydrogen-bond donors (Lipinski definition) is 1. The van der Waals surface area contributed by atoms with E-state index < -0.39 is 5.91 Å². The first kappa shape index (κ1) is 18.5. The van der Waals surface area contributed by atoms with Crippen LogP contribution in [-0.2, 0) is 14.4 Å². The van der Waals surface area contributed by atoms with E-state index in [-0.39, 0.29) is 30.3 Å². The molecule has 1 saturated heterocycles. The second-order valence-electron chi connectivity index (χ2n) is 6.93. The van der Waals surface area contributed by atoms with Crippen molar-refractivity contribution in [2.75, 3.05) is 6.61 Å². The first-order chi connectivity index (χ1) is 12.3. The number of aryl methyl sites for hydroxylation is 1. The van der Waals surface area contributed by atoms with Gasteiger partial charge in [0, 0.05) is 5.02 Å². The highest BCUT2D eigenvalue weighted by molar-refractivity contribution is 6.30. The molecule has 1 aromatic carbocycles.